The number of nitrogen functional groups attached to an aromatic ring is 1. The highest BCUT2D eigenvalue weighted by Crippen LogP contribution is 2.19. The lowest BCUT2D eigenvalue weighted by atomic mass is 10.1. The first-order valence-electron chi connectivity index (χ1n) is 6.50. The first kappa shape index (κ1) is 16.2. The number of amides is 1. The third-order valence-corrected chi connectivity index (χ3v) is 2.48. The molecular weight excluding hydrogens is 258 g/mol. The fourth-order valence-electron chi connectivity index (χ4n) is 1.67. The Hall–Kier alpha value is -1.82. The van der Waals surface area contributed by atoms with E-state index in [1.165, 1.54) is 0 Å². The maximum atomic E-state index is 11.9. The van der Waals surface area contributed by atoms with Gasteiger partial charge < -0.3 is 20.5 Å². The van der Waals surface area contributed by atoms with E-state index in [1.807, 2.05) is 20.8 Å². The predicted molar refractivity (Wildman–Crippen MR) is 77.3 cm³/mol. The standard InChI is InChI=1S/C14H23N3O3/c1-14(2,3)20-13(18)17-12(5-6-19-4)10-7-11(15)9-16-8-10/h7-9,12H,5-6,15H2,1-4H3,(H,17,18). The minimum absolute atomic E-state index is 0.249. The van der Waals surface area contributed by atoms with E-state index in [1.54, 1.807) is 25.6 Å². The number of carbonyl (C=O) groups is 1. The minimum atomic E-state index is -0.538. The number of nitrogens with two attached hydrogens (primary N) is 1. The maximum absolute atomic E-state index is 11.9. The molecule has 1 aromatic rings. The zero-order chi connectivity index (χ0) is 15.2. The Kier molecular flexibility index (Phi) is 5.76. The first-order chi connectivity index (χ1) is 9.31. The second kappa shape index (κ2) is 7.09. The number of hydrogen-bond acceptors (Lipinski definition) is 5. The topological polar surface area (TPSA) is 86.5 Å². The van der Waals surface area contributed by atoms with E-state index in [9.17, 15) is 4.79 Å². The van der Waals surface area contributed by atoms with Crippen LogP contribution in [0.3, 0.4) is 0 Å². The van der Waals surface area contributed by atoms with Crippen molar-refractivity contribution in [1.29, 1.82) is 0 Å². The van der Waals surface area contributed by atoms with Gasteiger partial charge in [0.1, 0.15) is 5.60 Å². The van der Waals surface area contributed by atoms with Gasteiger partial charge in [-0.25, -0.2) is 4.79 Å². The predicted octanol–water partition coefficient (Wildman–Crippen LogP) is 2.27. The monoisotopic (exact) mass is 281 g/mol. The van der Waals surface area contributed by atoms with Crippen LogP contribution in [0.1, 0.15) is 38.8 Å². The van der Waals surface area contributed by atoms with Crippen molar-refractivity contribution in [2.45, 2.75) is 38.8 Å². The molecule has 1 aromatic heterocycles. The Morgan fingerprint density at radius 1 is 1.45 bits per heavy atom. The van der Waals surface area contributed by atoms with Crippen LogP contribution in [0, 0.1) is 0 Å². The molecule has 0 aromatic carbocycles. The molecule has 0 spiro atoms. The molecule has 1 rings (SSSR count). The van der Waals surface area contributed by atoms with Gasteiger partial charge in [-0.15, -0.1) is 0 Å². The smallest absolute Gasteiger partial charge is 0.408 e. The fraction of sp³-hybridized carbons (Fsp3) is 0.571. The summed E-state index contributed by atoms with van der Waals surface area (Å²) >= 11 is 0. The summed E-state index contributed by atoms with van der Waals surface area (Å²) in [7, 11) is 1.61. The molecule has 6 heteroatoms. The van der Waals surface area contributed by atoms with E-state index in [2.05, 4.69) is 10.3 Å². The zero-order valence-corrected chi connectivity index (χ0v) is 12.5. The van der Waals surface area contributed by atoms with Gasteiger partial charge in [-0.05, 0) is 38.8 Å². The van der Waals surface area contributed by atoms with Crippen molar-refractivity contribution in [3.05, 3.63) is 24.0 Å². The highest BCUT2D eigenvalue weighted by Gasteiger charge is 2.20. The Morgan fingerprint density at radius 3 is 2.70 bits per heavy atom. The highest BCUT2D eigenvalue weighted by atomic mass is 16.6. The normalized spacial score (nSPS) is 12.8. The largest absolute Gasteiger partial charge is 0.444 e. The molecule has 1 unspecified atom stereocenters. The zero-order valence-electron chi connectivity index (χ0n) is 12.5. The summed E-state index contributed by atoms with van der Waals surface area (Å²) < 4.78 is 10.3. The summed E-state index contributed by atoms with van der Waals surface area (Å²) in [6.07, 6.45) is 3.38. The van der Waals surface area contributed by atoms with E-state index in [-0.39, 0.29) is 6.04 Å². The molecule has 0 saturated heterocycles. The summed E-state index contributed by atoms with van der Waals surface area (Å²) in [5.41, 5.74) is 6.56. The summed E-state index contributed by atoms with van der Waals surface area (Å²) in [6.45, 7) is 5.96. The molecule has 112 valence electrons. The second-order valence-corrected chi connectivity index (χ2v) is 5.53. The average Bonchev–Trinajstić information content (AvgIpc) is 2.32. The number of ether oxygens (including phenoxy) is 2. The van der Waals surface area contributed by atoms with Crippen molar-refractivity contribution in [3.63, 3.8) is 0 Å². The van der Waals surface area contributed by atoms with Crippen molar-refractivity contribution < 1.29 is 14.3 Å². The highest BCUT2D eigenvalue weighted by molar-refractivity contribution is 5.68. The lowest BCUT2D eigenvalue weighted by molar-refractivity contribution is 0.0492. The number of anilines is 1. The Balaban J connectivity index is 2.77. The van der Waals surface area contributed by atoms with Crippen LogP contribution >= 0.6 is 0 Å². The van der Waals surface area contributed by atoms with Crippen molar-refractivity contribution in [2.24, 2.45) is 0 Å². The Labute approximate surface area is 119 Å². The van der Waals surface area contributed by atoms with Gasteiger partial charge >= 0.3 is 6.09 Å². The molecule has 0 saturated carbocycles. The van der Waals surface area contributed by atoms with Crippen molar-refractivity contribution >= 4 is 11.8 Å². The lowest BCUT2D eigenvalue weighted by Gasteiger charge is -2.23. The summed E-state index contributed by atoms with van der Waals surface area (Å²) in [5.74, 6) is 0. The van der Waals surface area contributed by atoms with Gasteiger partial charge in [0.15, 0.2) is 0 Å². The van der Waals surface area contributed by atoms with Crippen LogP contribution < -0.4 is 11.1 Å². The molecule has 1 amide bonds. The number of carbonyl (C=O) groups excluding carboxylic acids is 1. The van der Waals surface area contributed by atoms with E-state index < -0.39 is 11.7 Å². The minimum Gasteiger partial charge on any atom is -0.444 e. The molecule has 0 aliphatic heterocycles. The number of nitrogens with one attached hydrogen (secondary N) is 1. The number of hydrogen-bond donors (Lipinski definition) is 2. The van der Waals surface area contributed by atoms with Gasteiger partial charge in [0.25, 0.3) is 0 Å². The molecule has 1 atom stereocenters. The second-order valence-electron chi connectivity index (χ2n) is 5.53. The fourth-order valence-corrected chi connectivity index (χ4v) is 1.67. The van der Waals surface area contributed by atoms with Gasteiger partial charge in [-0.3, -0.25) is 4.98 Å². The molecule has 0 bridgehead atoms. The average molecular weight is 281 g/mol. The molecule has 0 radical (unpaired) electrons. The quantitative estimate of drug-likeness (QED) is 0.864. The van der Waals surface area contributed by atoms with E-state index >= 15 is 0 Å². The SMILES string of the molecule is COCCC(NC(=O)OC(C)(C)C)c1cncc(N)c1. The van der Waals surface area contributed by atoms with Crippen molar-refractivity contribution in [3.8, 4) is 0 Å². The number of pyridine rings is 1. The Bertz CT molecular complexity index is 444. The molecule has 20 heavy (non-hydrogen) atoms. The molecular formula is C14H23N3O3. The van der Waals surface area contributed by atoms with Crippen LogP contribution in [0.15, 0.2) is 18.5 Å². The number of methoxy groups -OCH3 is 1. The summed E-state index contributed by atoms with van der Waals surface area (Å²) in [4.78, 5) is 15.9. The van der Waals surface area contributed by atoms with Gasteiger partial charge in [-0.2, -0.15) is 0 Å². The molecule has 1 heterocycles. The molecule has 6 nitrogen and oxygen atoms in total. The van der Waals surface area contributed by atoms with Gasteiger partial charge in [-0.1, -0.05) is 0 Å². The van der Waals surface area contributed by atoms with Crippen molar-refractivity contribution in [1.82, 2.24) is 10.3 Å². The van der Waals surface area contributed by atoms with Crippen molar-refractivity contribution in [2.75, 3.05) is 19.5 Å². The van der Waals surface area contributed by atoms with Crippen LogP contribution in [0.5, 0.6) is 0 Å². The van der Waals surface area contributed by atoms with Crippen LogP contribution in [0.4, 0.5) is 10.5 Å². The third kappa shape index (κ3) is 5.88. The number of aromatic nitrogens is 1. The van der Waals surface area contributed by atoms with E-state index in [0.29, 0.717) is 18.7 Å². The summed E-state index contributed by atoms with van der Waals surface area (Å²) in [6, 6.07) is 1.53. The first-order valence-corrected chi connectivity index (χ1v) is 6.50. The number of rotatable bonds is 5. The van der Waals surface area contributed by atoms with Crippen LogP contribution in [-0.4, -0.2) is 30.4 Å². The van der Waals surface area contributed by atoms with Crippen LogP contribution in [-0.2, 0) is 9.47 Å². The van der Waals surface area contributed by atoms with E-state index in [4.69, 9.17) is 15.2 Å². The summed E-state index contributed by atoms with van der Waals surface area (Å²) in [5, 5.41) is 2.82. The van der Waals surface area contributed by atoms with Gasteiger partial charge in [0, 0.05) is 26.1 Å². The molecule has 3 N–H and O–H groups in total. The third-order valence-electron chi connectivity index (χ3n) is 2.48. The molecule has 0 aliphatic carbocycles. The molecule has 0 aliphatic rings. The van der Waals surface area contributed by atoms with E-state index in [0.717, 1.165) is 5.56 Å². The van der Waals surface area contributed by atoms with Crippen LogP contribution in [0.25, 0.3) is 0 Å². The van der Waals surface area contributed by atoms with Crippen LogP contribution in [0.2, 0.25) is 0 Å². The van der Waals surface area contributed by atoms with Gasteiger partial charge in [0.05, 0.1) is 11.7 Å². The lowest BCUT2D eigenvalue weighted by Crippen LogP contribution is -2.35. The van der Waals surface area contributed by atoms with Gasteiger partial charge in [0.2, 0.25) is 0 Å². The number of alkyl carbamates (subject to hydrolysis) is 1. The number of nitrogens with zero attached hydrogens (tertiary/aromatic N) is 1. The maximum Gasteiger partial charge on any atom is 0.408 e. The Morgan fingerprint density at radius 2 is 2.15 bits per heavy atom. The molecule has 0 fully saturated rings.